The van der Waals surface area contributed by atoms with Gasteiger partial charge in [-0.15, -0.1) is 0 Å². The van der Waals surface area contributed by atoms with Gasteiger partial charge in [0.2, 0.25) is 0 Å². The molecule has 0 bridgehead atoms. The van der Waals surface area contributed by atoms with Crippen LogP contribution in [0.15, 0.2) is 18.2 Å². The van der Waals surface area contributed by atoms with Gasteiger partial charge in [0.15, 0.2) is 0 Å². The lowest BCUT2D eigenvalue weighted by molar-refractivity contribution is 0.216. The highest BCUT2D eigenvalue weighted by molar-refractivity contribution is 6.30. The summed E-state index contributed by atoms with van der Waals surface area (Å²) in [6.07, 6.45) is 0. The number of rotatable bonds is 1. The van der Waals surface area contributed by atoms with Crippen LogP contribution >= 0.6 is 11.6 Å². The summed E-state index contributed by atoms with van der Waals surface area (Å²) in [4.78, 5) is 2.15. The first-order valence-electron chi connectivity index (χ1n) is 4.69. The average molecular weight is 212 g/mol. The molecule has 1 aliphatic rings. The highest BCUT2D eigenvalue weighted by atomic mass is 35.5. The first-order valence-corrected chi connectivity index (χ1v) is 5.07. The second-order valence-electron chi connectivity index (χ2n) is 4.24. The Labute approximate surface area is 89.1 Å². The summed E-state index contributed by atoms with van der Waals surface area (Å²) in [5.74, 6) is 0. The zero-order chi connectivity index (χ0) is 10.3. The van der Waals surface area contributed by atoms with Crippen LogP contribution in [0, 0.1) is 0 Å². The Morgan fingerprint density at radius 3 is 2.93 bits per heavy atom. The molecule has 3 heteroatoms. The number of nitrogens with zero attached hydrogens (tertiary/aromatic N) is 1. The van der Waals surface area contributed by atoms with E-state index in [9.17, 15) is 5.11 Å². The van der Waals surface area contributed by atoms with Crippen molar-refractivity contribution in [3.05, 3.63) is 28.8 Å². The van der Waals surface area contributed by atoms with Crippen LogP contribution in [0.3, 0.4) is 0 Å². The van der Waals surface area contributed by atoms with Gasteiger partial charge in [-0.05, 0) is 23.8 Å². The third kappa shape index (κ3) is 1.30. The van der Waals surface area contributed by atoms with E-state index in [1.807, 2.05) is 25.2 Å². The molecule has 1 unspecified atom stereocenters. The Hall–Kier alpha value is -0.730. The third-order valence-corrected chi connectivity index (χ3v) is 3.19. The monoisotopic (exact) mass is 211 g/mol. The SMILES string of the molecule is CN1CC(C)(CO)c2cc(Cl)ccc21. The topological polar surface area (TPSA) is 23.5 Å². The molecule has 76 valence electrons. The van der Waals surface area contributed by atoms with Crippen LogP contribution in [-0.4, -0.2) is 25.3 Å². The van der Waals surface area contributed by atoms with Crippen molar-refractivity contribution in [1.82, 2.24) is 0 Å². The fraction of sp³-hybridized carbons (Fsp3) is 0.455. The predicted molar refractivity (Wildman–Crippen MR) is 59.2 cm³/mol. The standard InChI is InChI=1S/C11H14ClNO/c1-11(7-14)6-13(2)10-4-3-8(12)5-9(10)11/h3-5,14H,6-7H2,1-2H3. The molecule has 1 heterocycles. The molecule has 0 spiro atoms. The minimum absolute atomic E-state index is 0.157. The zero-order valence-electron chi connectivity index (χ0n) is 8.42. The van der Waals surface area contributed by atoms with Crippen LogP contribution in [0.4, 0.5) is 5.69 Å². The Bertz CT molecular complexity index is 366. The van der Waals surface area contributed by atoms with E-state index in [0.717, 1.165) is 17.1 Å². The van der Waals surface area contributed by atoms with E-state index in [0.29, 0.717) is 0 Å². The lowest BCUT2D eigenvalue weighted by Gasteiger charge is -2.21. The number of anilines is 1. The molecule has 0 aromatic heterocycles. The molecule has 0 saturated carbocycles. The van der Waals surface area contributed by atoms with Crippen molar-refractivity contribution in [2.45, 2.75) is 12.3 Å². The van der Waals surface area contributed by atoms with E-state index in [1.54, 1.807) is 0 Å². The summed E-state index contributed by atoms with van der Waals surface area (Å²) >= 11 is 5.96. The van der Waals surface area contributed by atoms with Gasteiger partial charge in [0.25, 0.3) is 0 Å². The maximum atomic E-state index is 9.41. The van der Waals surface area contributed by atoms with Gasteiger partial charge in [-0.2, -0.15) is 0 Å². The molecule has 0 saturated heterocycles. The van der Waals surface area contributed by atoms with E-state index in [4.69, 9.17) is 11.6 Å². The highest BCUT2D eigenvalue weighted by Crippen LogP contribution is 2.40. The van der Waals surface area contributed by atoms with Gasteiger partial charge < -0.3 is 10.0 Å². The predicted octanol–water partition coefficient (Wildman–Crippen LogP) is 2.04. The first-order chi connectivity index (χ1) is 6.57. The number of likely N-dealkylation sites (N-methyl/N-ethyl adjacent to an activating group) is 1. The van der Waals surface area contributed by atoms with E-state index in [-0.39, 0.29) is 12.0 Å². The van der Waals surface area contributed by atoms with Gasteiger partial charge >= 0.3 is 0 Å². The van der Waals surface area contributed by atoms with E-state index >= 15 is 0 Å². The fourth-order valence-corrected chi connectivity index (χ4v) is 2.33. The minimum atomic E-state index is -0.172. The molecule has 1 N–H and O–H groups in total. The number of hydrogen-bond donors (Lipinski definition) is 1. The number of halogens is 1. The molecule has 0 fully saturated rings. The van der Waals surface area contributed by atoms with Gasteiger partial charge in [0.05, 0.1) is 6.61 Å². The number of aliphatic hydroxyl groups is 1. The summed E-state index contributed by atoms with van der Waals surface area (Å²) < 4.78 is 0. The fourth-order valence-electron chi connectivity index (χ4n) is 2.15. The lowest BCUT2D eigenvalue weighted by Crippen LogP contribution is -2.32. The smallest absolute Gasteiger partial charge is 0.0543 e. The normalized spacial score (nSPS) is 25.3. The molecule has 2 nitrogen and oxygen atoms in total. The van der Waals surface area contributed by atoms with E-state index < -0.39 is 0 Å². The molecular weight excluding hydrogens is 198 g/mol. The summed E-state index contributed by atoms with van der Waals surface area (Å²) in [6.45, 7) is 3.07. The summed E-state index contributed by atoms with van der Waals surface area (Å²) in [6, 6.07) is 5.86. The molecule has 1 aromatic rings. The van der Waals surface area contributed by atoms with Crippen LogP contribution < -0.4 is 4.90 Å². The largest absolute Gasteiger partial charge is 0.395 e. The van der Waals surface area contributed by atoms with Crippen LogP contribution in [0.5, 0.6) is 0 Å². The third-order valence-electron chi connectivity index (χ3n) is 2.96. The van der Waals surface area contributed by atoms with Crippen molar-refractivity contribution in [2.24, 2.45) is 0 Å². The Morgan fingerprint density at radius 1 is 1.57 bits per heavy atom. The molecule has 14 heavy (non-hydrogen) atoms. The van der Waals surface area contributed by atoms with Gasteiger partial charge in [-0.1, -0.05) is 18.5 Å². The lowest BCUT2D eigenvalue weighted by atomic mass is 9.85. The second kappa shape index (κ2) is 3.14. The molecule has 0 aliphatic carbocycles. The Balaban J connectivity index is 2.56. The number of hydrogen-bond acceptors (Lipinski definition) is 2. The summed E-state index contributed by atoms with van der Waals surface area (Å²) in [5, 5.41) is 10.1. The van der Waals surface area contributed by atoms with Gasteiger partial charge in [-0.3, -0.25) is 0 Å². The number of aliphatic hydroxyl groups excluding tert-OH is 1. The quantitative estimate of drug-likeness (QED) is 0.769. The molecule has 0 amide bonds. The van der Waals surface area contributed by atoms with Crippen LogP contribution in [0.1, 0.15) is 12.5 Å². The Kier molecular flexibility index (Phi) is 2.20. The Morgan fingerprint density at radius 2 is 2.29 bits per heavy atom. The van der Waals surface area contributed by atoms with Crippen molar-refractivity contribution >= 4 is 17.3 Å². The van der Waals surface area contributed by atoms with Crippen molar-refractivity contribution in [3.63, 3.8) is 0 Å². The summed E-state index contributed by atoms with van der Waals surface area (Å²) in [5.41, 5.74) is 2.15. The first kappa shape index (κ1) is 9.81. The molecule has 1 aliphatic heterocycles. The van der Waals surface area contributed by atoms with Gasteiger partial charge in [0.1, 0.15) is 0 Å². The highest BCUT2D eigenvalue weighted by Gasteiger charge is 2.36. The van der Waals surface area contributed by atoms with Crippen molar-refractivity contribution in [1.29, 1.82) is 0 Å². The van der Waals surface area contributed by atoms with Gasteiger partial charge in [-0.25, -0.2) is 0 Å². The van der Waals surface area contributed by atoms with Crippen molar-refractivity contribution in [3.8, 4) is 0 Å². The molecule has 1 atom stereocenters. The summed E-state index contributed by atoms with van der Waals surface area (Å²) in [7, 11) is 2.04. The number of fused-ring (bicyclic) bond motifs is 1. The van der Waals surface area contributed by atoms with E-state index in [1.165, 1.54) is 5.69 Å². The average Bonchev–Trinajstić information content (AvgIpc) is 2.40. The maximum absolute atomic E-state index is 9.41. The zero-order valence-corrected chi connectivity index (χ0v) is 9.17. The molecule has 2 rings (SSSR count). The minimum Gasteiger partial charge on any atom is -0.395 e. The van der Waals surface area contributed by atoms with E-state index in [2.05, 4.69) is 11.8 Å². The molecule has 1 aromatic carbocycles. The molecular formula is C11H14ClNO. The van der Waals surface area contributed by atoms with Crippen molar-refractivity contribution < 1.29 is 5.11 Å². The number of benzene rings is 1. The van der Waals surface area contributed by atoms with Crippen LogP contribution in [0.2, 0.25) is 5.02 Å². The van der Waals surface area contributed by atoms with Gasteiger partial charge in [0, 0.05) is 29.7 Å². The van der Waals surface area contributed by atoms with Crippen LogP contribution in [0.25, 0.3) is 0 Å². The van der Waals surface area contributed by atoms with Crippen LogP contribution in [-0.2, 0) is 5.41 Å². The van der Waals surface area contributed by atoms with Crippen molar-refractivity contribution in [2.75, 3.05) is 25.1 Å². The molecule has 0 radical (unpaired) electrons. The maximum Gasteiger partial charge on any atom is 0.0543 e. The second-order valence-corrected chi connectivity index (χ2v) is 4.67.